The summed E-state index contributed by atoms with van der Waals surface area (Å²) in [6.07, 6.45) is 2.92. The van der Waals surface area contributed by atoms with Gasteiger partial charge in [0, 0.05) is 19.0 Å². The van der Waals surface area contributed by atoms with E-state index in [4.69, 9.17) is 0 Å². The SMILES string of the molecule is CCCCN1C(=O)c2nc3ccccc3nc2CC1C. The van der Waals surface area contributed by atoms with Crippen LogP contribution in [0.15, 0.2) is 24.3 Å². The number of benzene rings is 1. The average molecular weight is 269 g/mol. The number of rotatable bonds is 3. The monoisotopic (exact) mass is 269 g/mol. The molecule has 1 aromatic heterocycles. The first kappa shape index (κ1) is 13.0. The van der Waals surface area contributed by atoms with Crippen LogP contribution in [0.25, 0.3) is 11.0 Å². The maximum absolute atomic E-state index is 12.6. The van der Waals surface area contributed by atoms with Crippen LogP contribution in [0, 0.1) is 0 Å². The van der Waals surface area contributed by atoms with Crippen molar-refractivity contribution in [3.63, 3.8) is 0 Å². The van der Waals surface area contributed by atoms with Crippen LogP contribution < -0.4 is 0 Å². The molecule has 1 aliphatic heterocycles. The van der Waals surface area contributed by atoms with E-state index in [1.807, 2.05) is 29.2 Å². The van der Waals surface area contributed by atoms with Crippen LogP contribution in [0.3, 0.4) is 0 Å². The second-order valence-corrected chi connectivity index (χ2v) is 5.41. The van der Waals surface area contributed by atoms with Crippen molar-refractivity contribution in [2.75, 3.05) is 6.54 Å². The summed E-state index contributed by atoms with van der Waals surface area (Å²) in [5.41, 5.74) is 3.05. The van der Waals surface area contributed by atoms with Gasteiger partial charge in [0.1, 0.15) is 0 Å². The third-order valence-electron chi connectivity index (χ3n) is 3.88. The molecule has 0 radical (unpaired) electrons. The Hall–Kier alpha value is -1.97. The molecule has 20 heavy (non-hydrogen) atoms. The Balaban J connectivity index is 2.03. The molecule has 0 fully saturated rings. The fourth-order valence-electron chi connectivity index (χ4n) is 2.73. The van der Waals surface area contributed by atoms with Gasteiger partial charge in [0.05, 0.1) is 16.7 Å². The highest BCUT2D eigenvalue weighted by molar-refractivity contribution is 5.96. The van der Waals surface area contributed by atoms with Crippen molar-refractivity contribution < 1.29 is 4.79 Å². The lowest BCUT2D eigenvalue weighted by atomic mass is 10.0. The van der Waals surface area contributed by atoms with Crippen LogP contribution in [0.5, 0.6) is 0 Å². The van der Waals surface area contributed by atoms with E-state index in [0.29, 0.717) is 5.69 Å². The number of carbonyl (C=O) groups is 1. The van der Waals surface area contributed by atoms with E-state index in [1.165, 1.54) is 0 Å². The van der Waals surface area contributed by atoms with E-state index in [-0.39, 0.29) is 11.9 Å². The first-order chi connectivity index (χ1) is 9.70. The van der Waals surface area contributed by atoms with E-state index >= 15 is 0 Å². The number of hydrogen-bond donors (Lipinski definition) is 0. The van der Waals surface area contributed by atoms with Gasteiger partial charge in [0.25, 0.3) is 5.91 Å². The molecule has 1 aliphatic rings. The van der Waals surface area contributed by atoms with Crippen molar-refractivity contribution in [1.82, 2.24) is 14.9 Å². The Morgan fingerprint density at radius 3 is 2.65 bits per heavy atom. The van der Waals surface area contributed by atoms with Gasteiger partial charge in [-0.25, -0.2) is 9.97 Å². The molecule has 2 aromatic rings. The van der Waals surface area contributed by atoms with Gasteiger partial charge < -0.3 is 4.90 Å². The summed E-state index contributed by atoms with van der Waals surface area (Å²) < 4.78 is 0. The Labute approximate surface area is 118 Å². The van der Waals surface area contributed by atoms with Crippen molar-refractivity contribution >= 4 is 16.9 Å². The number of fused-ring (bicyclic) bond motifs is 2. The van der Waals surface area contributed by atoms with Gasteiger partial charge in [-0.05, 0) is 25.5 Å². The fourth-order valence-corrected chi connectivity index (χ4v) is 2.73. The molecule has 0 aliphatic carbocycles. The Kier molecular flexibility index (Phi) is 3.38. The van der Waals surface area contributed by atoms with E-state index in [2.05, 4.69) is 23.8 Å². The zero-order valence-corrected chi connectivity index (χ0v) is 12.0. The molecule has 0 N–H and O–H groups in total. The summed E-state index contributed by atoms with van der Waals surface area (Å²) in [4.78, 5) is 23.7. The molecular formula is C16H19N3O. The number of carbonyl (C=O) groups excluding carboxylic acids is 1. The predicted octanol–water partition coefficient (Wildman–Crippen LogP) is 2.82. The third-order valence-corrected chi connectivity index (χ3v) is 3.88. The van der Waals surface area contributed by atoms with Gasteiger partial charge in [-0.2, -0.15) is 0 Å². The highest BCUT2D eigenvalue weighted by Crippen LogP contribution is 2.23. The summed E-state index contributed by atoms with van der Waals surface area (Å²) in [5, 5.41) is 0. The van der Waals surface area contributed by atoms with Crippen LogP contribution in [0.1, 0.15) is 42.9 Å². The van der Waals surface area contributed by atoms with Gasteiger partial charge in [-0.1, -0.05) is 25.5 Å². The first-order valence-electron chi connectivity index (χ1n) is 7.27. The molecule has 0 bridgehead atoms. The van der Waals surface area contributed by atoms with Crippen molar-refractivity contribution in [2.45, 2.75) is 39.2 Å². The molecule has 1 amide bonds. The second kappa shape index (κ2) is 5.19. The minimum absolute atomic E-state index is 0.0328. The van der Waals surface area contributed by atoms with Crippen LogP contribution in [0.2, 0.25) is 0 Å². The number of aromatic nitrogens is 2. The Morgan fingerprint density at radius 1 is 1.25 bits per heavy atom. The van der Waals surface area contributed by atoms with Crippen LogP contribution in [-0.2, 0) is 6.42 Å². The van der Waals surface area contributed by atoms with Crippen molar-refractivity contribution in [2.24, 2.45) is 0 Å². The van der Waals surface area contributed by atoms with E-state index in [0.717, 1.165) is 42.5 Å². The summed E-state index contributed by atoms with van der Waals surface area (Å²) >= 11 is 0. The number of nitrogens with zero attached hydrogens (tertiary/aromatic N) is 3. The maximum Gasteiger partial charge on any atom is 0.274 e. The van der Waals surface area contributed by atoms with E-state index in [1.54, 1.807) is 0 Å². The number of para-hydroxylation sites is 2. The summed E-state index contributed by atoms with van der Waals surface area (Å²) in [7, 11) is 0. The van der Waals surface area contributed by atoms with Gasteiger partial charge in [-0.15, -0.1) is 0 Å². The first-order valence-corrected chi connectivity index (χ1v) is 7.27. The molecule has 1 aromatic carbocycles. The second-order valence-electron chi connectivity index (χ2n) is 5.41. The van der Waals surface area contributed by atoms with Crippen molar-refractivity contribution in [3.05, 3.63) is 35.7 Å². The Morgan fingerprint density at radius 2 is 1.95 bits per heavy atom. The lowest BCUT2D eigenvalue weighted by molar-refractivity contribution is 0.0654. The van der Waals surface area contributed by atoms with E-state index < -0.39 is 0 Å². The molecule has 2 heterocycles. The average Bonchev–Trinajstić information content (AvgIpc) is 2.45. The number of amides is 1. The van der Waals surface area contributed by atoms with Crippen LogP contribution >= 0.6 is 0 Å². The van der Waals surface area contributed by atoms with Crippen molar-refractivity contribution in [1.29, 1.82) is 0 Å². The third kappa shape index (κ3) is 2.15. The summed E-state index contributed by atoms with van der Waals surface area (Å²) in [6, 6.07) is 7.93. The molecular weight excluding hydrogens is 250 g/mol. The molecule has 4 heteroatoms. The summed E-state index contributed by atoms with van der Waals surface area (Å²) in [5.74, 6) is 0.0328. The van der Waals surface area contributed by atoms with Gasteiger partial charge in [-0.3, -0.25) is 4.79 Å². The molecule has 1 unspecified atom stereocenters. The smallest absolute Gasteiger partial charge is 0.274 e. The minimum Gasteiger partial charge on any atom is -0.334 e. The zero-order chi connectivity index (χ0) is 14.1. The maximum atomic E-state index is 12.6. The fraction of sp³-hybridized carbons (Fsp3) is 0.438. The molecule has 104 valence electrons. The molecule has 0 saturated carbocycles. The highest BCUT2D eigenvalue weighted by Gasteiger charge is 2.31. The molecule has 0 spiro atoms. The van der Waals surface area contributed by atoms with Gasteiger partial charge in [0.2, 0.25) is 0 Å². The lowest BCUT2D eigenvalue weighted by Crippen LogP contribution is -2.45. The predicted molar refractivity (Wildman–Crippen MR) is 78.6 cm³/mol. The van der Waals surface area contributed by atoms with Crippen LogP contribution in [-0.4, -0.2) is 33.4 Å². The number of unbranched alkanes of at least 4 members (excludes halogenated alkanes) is 1. The van der Waals surface area contributed by atoms with E-state index in [9.17, 15) is 4.79 Å². The zero-order valence-electron chi connectivity index (χ0n) is 12.0. The Bertz CT molecular complexity index is 653. The largest absolute Gasteiger partial charge is 0.334 e. The van der Waals surface area contributed by atoms with Crippen LogP contribution in [0.4, 0.5) is 0 Å². The number of hydrogen-bond acceptors (Lipinski definition) is 3. The lowest BCUT2D eigenvalue weighted by Gasteiger charge is -2.33. The quantitative estimate of drug-likeness (QED) is 0.860. The van der Waals surface area contributed by atoms with Gasteiger partial charge >= 0.3 is 0 Å². The molecule has 3 rings (SSSR count). The topological polar surface area (TPSA) is 46.1 Å². The highest BCUT2D eigenvalue weighted by atomic mass is 16.2. The summed E-state index contributed by atoms with van der Waals surface area (Å²) in [6.45, 7) is 5.04. The minimum atomic E-state index is 0.0328. The van der Waals surface area contributed by atoms with Gasteiger partial charge in [0.15, 0.2) is 5.69 Å². The standard InChI is InChI=1S/C16H19N3O/c1-3-4-9-19-11(2)10-14-15(16(19)20)18-13-8-6-5-7-12(13)17-14/h5-8,11H,3-4,9-10H2,1-2H3. The molecule has 4 nitrogen and oxygen atoms in total. The van der Waals surface area contributed by atoms with Crippen molar-refractivity contribution in [3.8, 4) is 0 Å². The normalized spacial score (nSPS) is 18.4. The molecule has 1 atom stereocenters. The molecule has 0 saturated heterocycles.